The molecule has 4 rings (SSSR count). The highest BCUT2D eigenvalue weighted by molar-refractivity contribution is 5.68. The molecule has 0 aliphatic carbocycles. The van der Waals surface area contributed by atoms with Gasteiger partial charge in [0.25, 0.3) is 0 Å². The Labute approximate surface area is 263 Å². The Balaban J connectivity index is 0.000000297. The zero-order valence-corrected chi connectivity index (χ0v) is 27.4. The number of β-amino-alcohol motifs (C(OH)–C–C–N with tert-alkyl or cyclic N) is 2. The summed E-state index contributed by atoms with van der Waals surface area (Å²) >= 11 is 0. The highest BCUT2D eigenvalue weighted by Gasteiger charge is 2.43. The zero-order valence-electron chi connectivity index (χ0n) is 27.4. The molecule has 2 aliphatic rings. The predicted molar refractivity (Wildman–Crippen MR) is 172 cm³/mol. The molecule has 0 unspecified atom stereocenters. The molecule has 2 aromatic carbocycles. The zero-order chi connectivity index (χ0) is 32.5. The van der Waals surface area contributed by atoms with Gasteiger partial charge in [-0.3, -0.25) is 0 Å². The van der Waals surface area contributed by atoms with E-state index < -0.39 is 23.4 Å². The van der Waals surface area contributed by atoms with Crippen molar-refractivity contribution in [3.63, 3.8) is 0 Å². The van der Waals surface area contributed by atoms with Crippen molar-refractivity contribution in [3.8, 4) is 0 Å². The molecule has 0 aromatic heterocycles. The summed E-state index contributed by atoms with van der Waals surface area (Å²) in [6.45, 7) is 12.8. The highest BCUT2D eigenvalue weighted by Crippen LogP contribution is 2.40. The lowest BCUT2D eigenvalue weighted by Gasteiger charge is -2.46. The summed E-state index contributed by atoms with van der Waals surface area (Å²) in [7, 11) is 0. The van der Waals surface area contributed by atoms with E-state index in [1.54, 1.807) is 4.90 Å². The van der Waals surface area contributed by atoms with Gasteiger partial charge in [-0.25, -0.2) is 9.59 Å². The fourth-order valence-electron chi connectivity index (χ4n) is 5.58. The minimum absolute atomic E-state index is 0.233. The predicted octanol–water partition coefficient (Wildman–Crippen LogP) is 5.17. The van der Waals surface area contributed by atoms with Crippen molar-refractivity contribution in [1.82, 2.24) is 9.80 Å². The Morgan fingerprint density at radius 1 is 0.818 bits per heavy atom. The lowest BCUT2D eigenvalue weighted by atomic mass is 9.68. The van der Waals surface area contributed by atoms with Crippen molar-refractivity contribution in [2.24, 2.45) is 11.1 Å². The molecule has 2 saturated heterocycles. The van der Waals surface area contributed by atoms with Crippen LogP contribution in [0.3, 0.4) is 0 Å². The number of hydrogen-bond acceptors (Lipinski definition) is 7. The first-order valence-corrected chi connectivity index (χ1v) is 15.7. The fourth-order valence-corrected chi connectivity index (χ4v) is 5.58. The minimum Gasteiger partial charge on any atom is -0.444 e. The number of benzene rings is 2. The Morgan fingerprint density at radius 2 is 1.32 bits per heavy atom. The van der Waals surface area contributed by atoms with E-state index in [1.165, 1.54) is 16.0 Å². The quantitative estimate of drug-likeness (QED) is 0.426. The molecule has 9 nitrogen and oxygen atoms in total. The van der Waals surface area contributed by atoms with Gasteiger partial charge in [-0.05, 0) is 84.8 Å². The van der Waals surface area contributed by atoms with Gasteiger partial charge in [0.2, 0.25) is 0 Å². The number of aryl methyl sites for hydroxylation is 1. The number of nitrogens with two attached hydrogens (primary N) is 1. The molecule has 0 saturated carbocycles. The maximum absolute atomic E-state index is 12.5. The number of aliphatic hydroxyl groups is 2. The van der Waals surface area contributed by atoms with E-state index in [-0.39, 0.29) is 30.2 Å². The molecule has 0 bridgehead atoms. The summed E-state index contributed by atoms with van der Waals surface area (Å²) in [5.41, 5.74) is 6.86. The molecule has 0 radical (unpaired) electrons. The fraction of sp³-hybridized carbons (Fsp3) is 0.600. The van der Waals surface area contributed by atoms with Gasteiger partial charge in [-0.15, -0.1) is 0 Å². The molecule has 4 N–H and O–H groups in total. The van der Waals surface area contributed by atoms with E-state index >= 15 is 0 Å². The molecule has 2 aromatic rings. The van der Waals surface area contributed by atoms with Crippen LogP contribution in [0.25, 0.3) is 0 Å². The second-order valence-electron chi connectivity index (χ2n) is 14.1. The molecule has 0 spiro atoms. The average molecular weight is 612 g/mol. The monoisotopic (exact) mass is 611 g/mol. The van der Waals surface area contributed by atoms with Gasteiger partial charge < -0.3 is 35.2 Å². The number of nitrogens with zero attached hydrogens (tertiary/aromatic N) is 2. The van der Waals surface area contributed by atoms with Crippen LogP contribution in [0.1, 0.15) is 71.9 Å². The molecule has 2 fully saturated rings. The molecule has 2 aliphatic heterocycles. The van der Waals surface area contributed by atoms with Crippen LogP contribution >= 0.6 is 0 Å². The normalized spacial score (nSPS) is 24.2. The van der Waals surface area contributed by atoms with Crippen molar-refractivity contribution in [3.05, 3.63) is 71.8 Å². The average Bonchev–Trinajstić information content (AvgIpc) is 2.94. The van der Waals surface area contributed by atoms with Gasteiger partial charge in [0.15, 0.2) is 0 Å². The minimum atomic E-state index is -0.647. The van der Waals surface area contributed by atoms with Crippen LogP contribution in [-0.4, -0.2) is 87.8 Å². The van der Waals surface area contributed by atoms with Crippen molar-refractivity contribution in [2.45, 2.75) is 103 Å². The van der Waals surface area contributed by atoms with Gasteiger partial charge in [0, 0.05) is 24.5 Å². The number of carbonyl (C=O) groups excluding carboxylic acids is 2. The molecule has 244 valence electrons. The van der Waals surface area contributed by atoms with Crippen LogP contribution in [0, 0.1) is 5.41 Å². The lowest BCUT2D eigenvalue weighted by Crippen LogP contribution is -2.54. The first-order chi connectivity index (χ1) is 20.6. The largest absolute Gasteiger partial charge is 0.444 e. The maximum Gasteiger partial charge on any atom is 0.410 e. The van der Waals surface area contributed by atoms with Crippen LogP contribution in [0.4, 0.5) is 9.59 Å². The number of aliphatic hydroxyl groups excluding tert-OH is 2. The SMILES string of the molecule is CC(C)(C)OC(=O)N1CC[C@@H](N)[C@H](O)C1.CC(C)(C)OC(=O)N1CC[C@@](CCc2ccccc2)(Cc2ccccc2)[C@@H](O)C1. The first kappa shape index (κ1) is 35.3. The molecule has 2 heterocycles. The first-order valence-electron chi connectivity index (χ1n) is 15.7. The Bertz CT molecular complexity index is 1180. The highest BCUT2D eigenvalue weighted by atomic mass is 16.6. The van der Waals surface area contributed by atoms with Gasteiger partial charge in [-0.1, -0.05) is 60.7 Å². The van der Waals surface area contributed by atoms with E-state index in [4.69, 9.17) is 15.2 Å². The van der Waals surface area contributed by atoms with Crippen LogP contribution in [0.15, 0.2) is 60.7 Å². The summed E-state index contributed by atoms with van der Waals surface area (Å²) < 4.78 is 10.7. The molecule has 2 amide bonds. The van der Waals surface area contributed by atoms with Crippen LogP contribution in [0.2, 0.25) is 0 Å². The van der Waals surface area contributed by atoms with E-state index in [0.29, 0.717) is 26.1 Å². The van der Waals surface area contributed by atoms with Gasteiger partial charge in [0.05, 0.1) is 25.3 Å². The number of amides is 2. The summed E-state index contributed by atoms with van der Waals surface area (Å²) in [6.07, 6.45) is 2.02. The van der Waals surface area contributed by atoms with E-state index in [0.717, 1.165) is 25.7 Å². The smallest absolute Gasteiger partial charge is 0.410 e. The van der Waals surface area contributed by atoms with Crippen molar-refractivity contribution in [1.29, 1.82) is 0 Å². The number of hydrogen-bond donors (Lipinski definition) is 3. The number of piperidine rings is 2. The van der Waals surface area contributed by atoms with Crippen LogP contribution < -0.4 is 5.73 Å². The third kappa shape index (κ3) is 11.1. The molecule has 9 heteroatoms. The number of rotatable bonds is 5. The second-order valence-corrected chi connectivity index (χ2v) is 14.1. The topological polar surface area (TPSA) is 126 Å². The standard InChI is InChI=1S/C25H33NO3.C10H20N2O3/c1-24(2,3)29-23(28)26-17-16-25(22(27)19-26,18-21-12-8-5-9-13-21)15-14-20-10-6-4-7-11-20;1-10(2,3)15-9(14)12-5-4-7(11)8(13)6-12/h4-13,22,27H,14-19H2,1-3H3;7-8,13H,4-6,11H2,1-3H3/t22-,25-;7-,8-/m01/s1. The summed E-state index contributed by atoms with van der Waals surface area (Å²) in [5, 5.41) is 20.7. The van der Waals surface area contributed by atoms with Gasteiger partial charge in [0.1, 0.15) is 11.2 Å². The van der Waals surface area contributed by atoms with Gasteiger partial charge >= 0.3 is 12.2 Å². The van der Waals surface area contributed by atoms with Crippen LogP contribution in [0.5, 0.6) is 0 Å². The lowest BCUT2D eigenvalue weighted by molar-refractivity contribution is -0.0575. The summed E-state index contributed by atoms with van der Waals surface area (Å²) in [5.74, 6) is 0. The molecule has 44 heavy (non-hydrogen) atoms. The van der Waals surface area contributed by atoms with Crippen molar-refractivity contribution >= 4 is 12.2 Å². The maximum atomic E-state index is 12.5. The Kier molecular flexibility index (Phi) is 12.2. The molecular weight excluding hydrogens is 558 g/mol. The summed E-state index contributed by atoms with van der Waals surface area (Å²) in [6, 6.07) is 20.5. The number of likely N-dealkylation sites (tertiary alicyclic amines) is 2. The second kappa shape index (κ2) is 15.2. The molecular formula is C35H53N3O6. The molecule has 4 atom stereocenters. The van der Waals surface area contributed by atoms with E-state index in [9.17, 15) is 19.8 Å². The van der Waals surface area contributed by atoms with Crippen LogP contribution in [-0.2, 0) is 22.3 Å². The van der Waals surface area contributed by atoms with Gasteiger partial charge in [-0.2, -0.15) is 0 Å². The van der Waals surface area contributed by atoms with Crippen molar-refractivity contribution < 1.29 is 29.3 Å². The summed E-state index contributed by atoms with van der Waals surface area (Å²) in [4.78, 5) is 27.3. The Morgan fingerprint density at radius 3 is 1.80 bits per heavy atom. The number of carbonyl (C=O) groups is 2. The number of ether oxygens (including phenoxy) is 2. The third-order valence-electron chi connectivity index (χ3n) is 8.07. The van der Waals surface area contributed by atoms with E-state index in [1.807, 2.05) is 65.8 Å². The third-order valence-corrected chi connectivity index (χ3v) is 8.07. The van der Waals surface area contributed by atoms with E-state index in [2.05, 4.69) is 36.4 Å². The Hall–Kier alpha value is -3.14. The van der Waals surface area contributed by atoms with Crippen molar-refractivity contribution in [2.75, 3.05) is 26.2 Å².